The van der Waals surface area contributed by atoms with Crippen LogP contribution in [0.25, 0.3) is 11.1 Å². The molecule has 0 bridgehead atoms. The summed E-state index contributed by atoms with van der Waals surface area (Å²) in [5.41, 5.74) is 5.71. The van der Waals surface area contributed by atoms with E-state index in [-0.39, 0.29) is 6.10 Å². The van der Waals surface area contributed by atoms with Gasteiger partial charge in [0.2, 0.25) is 0 Å². The first-order chi connectivity index (χ1) is 11.1. The molecular formula is C19H25N3O. The quantitative estimate of drug-likeness (QED) is 0.911. The van der Waals surface area contributed by atoms with Crippen LogP contribution in [0.1, 0.15) is 24.1 Å². The molecule has 23 heavy (non-hydrogen) atoms. The highest BCUT2D eigenvalue weighted by Gasteiger charge is 2.18. The second-order valence-corrected chi connectivity index (χ2v) is 6.39. The van der Waals surface area contributed by atoms with Crippen LogP contribution in [0.3, 0.4) is 0 Å². The van der Waals surface area contributed by atoms with Crippen molar-refractivity contribution in [3.63, 3.8) is 0 Å². The summed E-state index contributed by atoms with van der Waals surface area (Å²) in [6.45, 7) is 4.70. The number of aryl methyl sites for hydroxylation is 1. The fourth-order valence-electron chi connectivity index (χ4n) is 3.17. The summed E-state index contributed by atoms with van der Waals surface area (Å²) in [6, 6.07) is 10.7. The number of likely N-dealkylation sites (tertiary alicyclic amines) is 1. The molecule has 2 aromatic rings. The first-order valence-electron chi connectivity index (χ1n) is 8.29. The second kappa shape index (κ2) is 7.11. The van der Waals surface area contributed by atoms with Crippen molar-refractivity contribution < 1.29 is 5.11 Å². The van der Waals surface area contributed by atoms with E-state index in [9.17, 15) is 5.11 Å². The number of β-amino-alcohol motifs (C(OH)–C–C–N with tert-alkyl or cyclic N) is 1. The molecule has 1 fully saturated rings. The van der Waals surface area contributed by atoms with Crippen LogP contribution >= 0.6 is 0 Å². The molecule has 1 unspecified atom stereocenters. The highest BCUT2D eigenvalue weighted by molar-refractivity contribution is 5.68. The predicted molar refractivity (Wildman–Crippen MR) is 94.5 cm³/mol. The summed E-state index contributed by atoms with van der Waals surface area (Å²) in [6.07, 6.45) is 3.74. The zero-order valence-electron chi connectivity index (χ0n) is 13.9. The van der Waals surface area contributed by atoms with Crippen LogP contribution in [0, 0.1) is 6.92 Å². The number of benzene rings is 1. The van der Waals surface area contributed by atoms with Crippen LogP contribution in [0.5, 0.6) is 0 Å². The van der Waals surface area contributed by atoms with Gasteiger partial charge in [0, 0.05) is 43.3 Å². The van der Waals surface area contributed by atoms with Crippen LogP contribution in [0.15, 0.2) is 36.5 Å². The van der Waals surface area contributed by atoms with Crippen LogP contribution in [0.4, 0.5) is 5.69 Å². The molecule has 0 aliphatic carbocycles. The minimum atomic E-state index is -0.183. The van der Waals surface area contributed by atoms with E-state index in [1.807, 2.05) is 26.2 Å². The third-order valence-corrected chi connectivity index (χ3v) is 4.41. The number of aromatic nitrogens is 1. The van der Waals surface area contributed by atoms with E-state index in [1.54, 1.807) is 0 Å². The lowest BCUT2D eigenvalue weighted by Gasteiger charge is -2.30. The molecular weight excluding hydrogens is 286 g/mol. The molecule has 4 nitrogen and oxygen atoms in total. The molecule has 1 saturated heterocycles. The minimum absolute atomic E-state index is 0.183. The van der Waals surface area contributed by atoms with Gasteiger partial charge in [0.25, 0.3) is 0 Å². The van der Waals surface area contributed by atoms with Crippen molar-refractivity contribution in [3.8, 4) is 11.1 Å². The van der Waals surface area contributed by atoms with E-state index in [1.165, 1.54) is 11.1 Å². The Hall–Kier alpha value is -1.91. The molecule has 1 aromatic carbocycles. The van der Waals surface area contributed by atoms with E-state index in [0.717, 1.165) is 49.4 Å². The van der Waals surface area contributed by atoms with Gasteiger partial charge in [0.05, 0.1) is 6.10 Å². The first kappa shape index (κ1) is 16.0. The maximum Gasteiger partial charge on any atom is 0.0667 e. The van der Waals surface area contributed by atoms with Gasteiger partial charge in [-0.15, -0.1) is 0 Å². The van der Waals surface area contributed by atoms with Gasteiger partial charge in [0.1, 0.15) is 0 Å². The summed E-state index contributed by atoms with van der Waals surface area (Å²) in [4.78, 5) is 6.74. The lowest BCUT2D eigenvalue weighted by Crippen LogP contribution is -2.37. The summed E-state index contributed by atoms with van der Waals surface area (Å²) in [7, 11) is 1.95. The molecule has 2 N–H and O–H groups in total. The van der Waals surface area contributed by atoms with E-state index in [4.69, 9.17) is 0 Å². The number of aliphatic hydroxyl groups excluding tert-OH is 1. The maximum atomic E-state index is 9.85. The van der Waals surface area contributed by atoms with Gasteiger partial charge in [-0.1, -0.05) is 6.07 Å². The van der Waals surface area contributed by atoms with Crippen molar-refractivity contribution in [1.82, 2.24) is 9.88 Å². The largest absolute Gasteiger partial charge is 0.392 e. The Balaban J connectivity index is 1.85. The molecule has 4 heteroatoms. The number of rotatable bonds is 4. The Morgan fingerprint density at radius 2 is 2.13 bits per heavy atom. The Morgan fingerprint density at radius 3 is 2.83 bits per heavy atom. The SMILES string of the molecule is CNc1cc(CN2CCCC(O)C2)cc(-c2ccc(C)nc2)c1. The van der Waals surface area contributed by atoms with E-state index in [0.29, 0.717) is 0 Å². The normalized spacial score (nSPS) is 18.8. The fraction of sp³-hybridized carbons (Fsp3) is 0.421. The molecule has 122 valence electrons. The Morgan fingerprint density at radius 1 is 1.26 bits per heavy atom. The van der Waals surface area contributed by atoms with E-state index in [2.05, 4.69) is 39.5 Å². The molecule has 1 aliphatic heterocycles. The van der Waals surface area contributed by atoms with Crippen LogP contribution in [-0.4, -0.2) is 41.2 Å². The number of hydrogen-bond donors (Lipinski definition) is 2. The van der Waals surface area contributed by atoms with Gasteiger partial charge in [0.15, 0.2) is 0 Å². The highest BCUT2D eigenvalue weighted by atomic mass is 16.3. The molecule has 3 rings (SSSR count). The molecule has 1 atom stereocenters. The standard InChI is InChI=1S/C19H25N3O/c1-14-5-6-16(11-21-14)17-8-15(9-18(10-17)20-2)12-22-7-3-4-19(23)13-22/h5-6,8-11,19-20,23H,3-4,7,12-13H2,1-2H3. The second-order valence-electron chi connectivity index (χ2n) is 6.39. The third kappa shape index (κ3) is 4.09. The van der Waals surface area contributed by atoms with Crippen LogP contribution in [-0.2, 0) is 6.54 Å². The summed E-state index contributed by atoms with van der Waals surface area (Å²) < 4.78 is 0. The average molecular weight is 311 g/mol. The first-order valence-corrected chi connectivity index (χ1v) is 8.29. The number of nitrogens with zero attached hydrogens (tertiary/aromatic N) is 2. The Kier molecular flexibility index (Phi) is 4.94. The Bertz CT molecular complexity index is 654. The molecule has 0 radical (unpaired) electrons. The van der Waals surface area contributed by atoms with Gasteiger partial charge < -0.3 is 10.4 Å². The van der Waals surface area contributed by atoms with Gasteiger partial charge >= 0.3 is 0 Å². The van der Waals surface area contributed by atoms with Gasteiger partial charge in [-0.25, -0.2) is 0 Å². The van der Waals surface area contributed by atoms with Crippen molar-refractivity contribution >= 4 is 5.69 Å². The fourth-order valence-corrected chi connectivity index (χ4v) is 3.17. The van der Waals surface area contributed by atoms with Crippen molar-refractivity contribution in [2.75, 3.05) is 25.5 Å². The van der Waals surface area contributed by atoms with E-state index >= 15 is 0 Å². The zero-order valence-corrected chi connectivity index (χ0v) is 13.9. The maximum absolute atomic E-state index is 9.85. The molecule has 2 heterocycles. The highest BCUT2D eigenvalue weighted by Crippen LogP contribution is 2.26. The van der Waals surface area contributed by atoms with Gasteiger partial charge in [-0.3, -0.25) is 9.88 Å². The number of nitrogens with one attached hydrogen (secondary N) is 1. The molecule has 0 saturated carbocycles. The molecule has 0 amide bonds. The van der Waals surface area contributed by atoms with Crippen LogP contribution < -0.4 is 5.32 Å². The monoisotopic (exact) mass is 311 g/mol. The lowest BCUT2D eigenvalue weighted by molar-refractivity contribution is 0.0668. The van der Waals surface area contributed by atoms with E-state index < -0.39 is 0 Å². The van der Waals surface area contributed by atoms with Gasteiger partial charge in [-0.2, -0.15) is 0 Å². The zero-order chi connectivity index (χ0) is 16.2. The molecule has 0 spiro atoms. The Labute approximate surface area is 138 Å². The van der Waals surface area contributed by atoms with Crippen molar-refractivity contribution in [2.45, 2.75) is 32.4 Å². The third-order valence-electron chi connectivity index (χ3n) is 4.41. The number of pyridine rings is 1. The van der Waals surface area contributed by atoms with Gasteiger partial charge in [-0.05, 0) is 61.7 Å². The molecule has 1 aromatic heterocycles. The summed E-state index contributed by atoms with van der Waals surface area (Å²) in [5.74, 6) is 0. The lowest BCUT2D eigenvalue weighted by atomic mass is 10.0. The molecule has 1 aliphatic rings. The summed E-state index contributed by atoms with van der Waals surface area (Å²) >= 11 is 0. The van der Waals surface area contributed by atoms with Crippen molar-refractivity contribution in [1.29, 1.82) is 0 Å². The number of anilines is 1. The summed E-state index contributed by atoms with van der Waals surface area (Å²) in [5, 5.41) is 13.1. The number of piperidine rings is 1. The van der Waals surface area contributed by atoms with Crippen LogP contribution in [0.2, 0.25) is 0 Å². The smallest absolute Gasteiger partial charge is 0.0667 e. The predicted octanol–water partition coefficient (Wildman–Crippen LogP) is 3.06. The average Bonchev–Trinajstić information content (AvgIpc) is 2.55. The number of hydrogen-bond acceptors (Lipinski definition) is 4. The topological polar surface area (TPSA) is 48.4 Å². The van der Waals surface area contributed by atoms with Crippen molar-refractivity contribution in [2.24, 2.45) is 0 Å². The number of aliphatic hydroxyl groups is 1. The van der Waals surface area contributed by atoms with Crippen molar-refractivity contribution in [3.05, 3.63) is 47.8 Å². The minimum Gasteiger partial charge on any atom is -0.392 e.